The van der Waals surface area contributed by atoms with Gasteiger partial charge in [0.1, 0.15) is 0 Å². The van der Waals surface area contributed by atoms with Crippen LogP contribution < -0.4 is 4.74 Å². The Morgan fingerprint density at radius 3 is 2.71 bits per heavy atom. The second-order valence-electron chi connectivity index (χ2n) is 4.05. The van der Waals surface area contributed by atoms with Crippen LogP contribution in [0.5, 0.6) is 5.88 Å². The van der Waals surface area contributed by atoms with E-state index in [1.54, 1.807) is 6.07 Å². The summed E-state index contributed by atoms with van der Waals surface area (Å²) in [6.45, 7) is 1.64. The van der Waals surface area contributed by atoms with Crippen LogP contribution >= 0.6 is 0 Å². The summed E-state index contributed by atoms with van der Waals surface area (Å²) in [6.07, 6.45) is 3.33. The van der Waals surface area contributed by atoms with Crippen LogP contribution in [0.2, 0.25) is 0 Å². The number of aromatic nitrogens is 1. The van der Waals surface area contributed by atoms with Crippen LogP contribution in [0, 0.1) is 0 Å². The molecule has 0 bridgehead atoms. The summed E-state index contributed by atoms with van der Waals surface area (Å²) in [5, 5.41) is 8.69. The van der Waals surface area contributed by atoms with E-state index in [-0.39, 0.29) is 5.56 Å². The summed E-state index contributed by atoms with van der Waals surface area (Å²) in [5.41, 5.74) is 0.171. The first-order valence-corrected chi connectivity index (χ1v) is 5.56. The number of rotatable bonds is 7. The largest absolute Gasteiger partial charge is 0.478 e. The van der Waals surface area contributed by atoms with E-state index in [1.807, 2.05) is 14.1 Å². The highest BCUT2D eigenvalue weighted by molar-refractivity contribution is 5.87. The Morgan fingerprint density at radius 1 is 1.41 bits per heavy atom. The molecule has 0 radical (unpaired) electrons. The molecule has 5 heteroatoms. The van der Waals surface area contributed by atoms with Crippen LogP contribution in [0.25, 0.3) is 0 Å². The molecule has 0 aliphatic heterocycles. The monoisotopic (exact) mass is 238 g/mol. The van der Waals surface area contributed by atoms with Crippen molar-refractivity contribution < 1.29 is 14.6 Å². The Balaban J connectivity index is 2.25. The van der Waals surface area contributed by atoms with Gasteiger partial charge in [-0.2, -0.15) is 0 Å². The van der Waals surface area contributed by atoms with Gasteiger partial charge in [-0.1, -0.05) is 0 Å². The van der Waals surface area contributed by atoms with Gasteiger partial charge < -0.3 is 14.7 Å². The van der Waals surface area contributed by atoms with Gasteiger partial charge >= 0.3 is 5.97 Å². The average molecular weight is 238 g/mol. The van der Waals surface area contributed by atoms with Crippen molar-refractivity contribution in [1.82, 2.24) is 9.88 Å². The molecule has 0 fully saturated rings. The second kappa shape index (κ2) is 6.85. The lowest BCUT2D eigenvalue weighted by molar-refractivity contribution is 0.0696. The highest BCUT2D eigenvalue weighted by Gasteiger charge is 2.03. The molecule has 0 amide bonds. The zero-order valence-corrected chi connectivity index (χ0v) is 10.2. The lowest BCUT2D eigenvalue weighted by Crippen LogP contribution is -2.13. The number of carboxylic acid groups (broad SMARTS) is 1. The van der Waals surface area contributed by atoms with Gasteiger partial charge in [0.15, 0.2) is 0 Å². The number of carbonyl (C=O) groups is 1. The second-order valence-corrected chi connectivity index (χ2v) is 4.05. The van der Waals surface area contributed by atoms with Crippen LogP contribution in [0.3, 0.4) is 0 Å². The summed E-state index contributed by atoms with van der Waals surface area (Å²) in [6, 6.07) is 3.07. The van der Waals surface area contributed by atoms with Crippen LogP contribution in [0.4, 0.5) is 0 Å². The number of unbranched alkanes of at least 4 members (excludes halogenated alkanes) is 1. The number of nitrogens with zero attached hydrogens (tertiary/aromatic N) is 2. The fraction of sp³-hybridized carbons (Fsp3) is 0.500. The first-order valence-electron chi connectivity index (χ1n) is 5.56. The Hall–Kier alpha value is -1.62. The van der Waals surface area contributed by atoms with Crippen molar-refractivity contribution in [2.75, 3.05) is 27.2 Å². The van der Waals surface area contributed by atoms with Crippen molar-refractivity contribution in [3.63, 3.8) is 0 Å². The van der Waals surface area contributed by atoms with Gasteiger partial charge in [0.25, 0.3) is 0 Å². The zero-order chi connectivity index (χ0) is 12.7. The maximum atomic E-state index is 10.6. The molecular weight excluding hydrogens is 220 g/mol. The van der Waals surface area contributed by atoms with Gasteiger partial charge in [0, 0.05) is 12.3 Å². The van der Waals surface area contributed by atoms with Crippen molar-refractivity contribution >= 4 is 5.97 Å². The van der Waals surface area contributed by atoms with E-state index in [2.05, 4.69) is 9.88 Å². The summed E-state index contributed by atoms with van der Waals surface area (Å²) >= 11 is 0. The van der Waals surface area contributed by atoms with Crippen LogP contribution in [0.1, 0.15) is 23.2 Å². The third kappa shape index (κ3) is 5.31. The highest BCUT2D eigenvalue weighted by Crippen LogP contribution is 2.08. The van der Waals surface area contributed by atoms with E-state index in [0.717, 1.165) is 19.4 Å². The number of hydrogen-bond donors (Lipinski definition) is 1. The first-order chi connectivity index (χ1) is 8.09. The topological polar surface area (TPSA) is 62.7 Å². The fourth-order valence-electron chi connectivity index (χ4n) is 1.30. The van der Waals surface area contributed by atoms with Crippen molar-refractivity contribution in [2.45, 2.75) is 12.8 Å². The molecule has 0 aliphatic rings. The summed E-state index contributed by atoms with van der Waals surface area (Å²) in [4.78, 5) is 16.6. The standard InChI is InChI=1S/C12H18N2O3/c1-14(2)7-3-4-8-17-11-6-5-10(9-13-11)12(15)16/h5-6,9H,3-4,7-8H2,1-2H3,(H,15,16). The van der Waals surface area contributed by atoms with Gasteiger partial charge in [0.05, 0.1) is 12.2 Å². The third-order valence-electron chi connectivity index (χ3n) is 2.23. The molecule has 1 N–H and O–H groups in total. The van der Waals surface area contributed by atoms with E-state index >= 15 is 0 Å². The van der Waals surface area contributed by atoms with Crippen LogP contribution in [-0.2, 0) is 0 Å². The first kappa shape index (κ1) is 13.4. The van der Waals surface area contributed by atoms with Gasteiger partial charge in [-0.05, 0) is 39.5 Å². The van der Waals surface area contributed by atoms with Gasteiger partial charge in [-0.15, -0.1) is 0 Å². The highest BCUT2D eigenvalue weighted by atomic mass is 16.5. The van der Waals surface area contributed by atoms with Crippen molar-refractivity contribution in [2.24, 2.45) is 0 Å². The molecule has 94 valence electrons. The maximum absolute atomic E-state index is 10.6. The van der Waals surface area contributed by atoms with E-state index in [4.69, 9.17) is 9.84 Å². The van der Waals surface area contributed by atoms with E-state index < -0.39 is 5.97 Å². The normalized spacial score (nSPS) is 10.5. The van der Waals surface area contributed by atoms with Gasteiger partial charge in [0.2, 0.25) is 5.88 Å². The molecule has 5 nitrogen and oxygen atoms in total. The van der Waals surface area contributed by atoms with Crippen LogP contribution in [-0.4, -0.2) is 48.2 Å². The van der Waals surface area contributed by atoms with E-state index in [1.165, 1.54) is 12.3 Å². The molecule has 17 heavy (non-hydrogen) atoms. The maximum Gasteiger partial charge on any atom is 0.337 e. The number of carboxylic acids is 1. The Morgan fingerprint density at radius 2 is 2.18 bits per heavy atom. The number of hydrogen-bond acceptors (Lipinski definition) is 4. The predicted octanol–water partition coefficient (Wildman–Crippen LogP) is 1.50. The molecule has 1 aromatic heterocycles. The quantitative estimate of drug-likeness (QED) is 0.729. The minimum atomic E-state index is -0.977. The third-order valence-corrected chi connectivity index (χ3v) is 2.23. The zero-order valence-electron chi connectivity index (χ0n) is 10.2. The molecule has 0 atom stereocenters. The van der Waals surface area contributed by atoms with Crippen molar-refractivity contribution in [3.8, 4) is 5.88 Å². The van der Waals surface area contributed by atoms with E-state index in [0.29, 0.717) is 12.5 Å². The van der Waals surface area contributed by atoms with E-state index in [9.17, 15) is 4.79 Å². The van der Waals surface area contributed by atoms with Crippen molar-refractivity contribution in [3.05, 3.63) is 23.9 Å². The fourth-order valence-corrected chi connectivity index (χ4v) is 1.30. The summed E-state index contributed by atoms with van der Waals surface area (Å²) < 4.78 is 5.40. The smallest absolute Gasteiger partial charge is 0.337 e. The van der Waals surface area contributed by atoms with Crippen molar-refractivity contribution in [1.29, 1.82) is 0 Å². The summed E-state index contributed by atoms with van der Waals surface area (Å²) in [5.74, 6) is -0.505. The lowest BCUT2D eigenvalue weighted by Gasteiger charge is -2.09. The molecule has 0 saturated heterocycles. The molecular formula is C12H18N2O3. The average Bonchev–Trinajstić information content (AvgIpc) is 2.29. The lowest BCUT2D eigenvalue weighted by atomic mass is 10.3. The molecule has 0 aromatic carbocycles. The predicted molar refractivity (Wildman–Crippen MR) is 64.5 cm³/mol. The van der Waals surface area contributed by atoms with Gasteiger partial charge in [-0.3, -0.25) is 0 Å². The Bertz CT molecular complexity index is 349. The molecule has 1 heterocycles. The number of pyridine rings is 1. The summed E-state index contributed by atoms with van der Waals surface area (Å²) in [7, 11) is 4.07. The minimum Gasteiger partial charge on any atom is -0.478 e. The minimum absolute atomic E-state index is 0.171. The molecule has 1 rings (SSSR count). The molecule has 1 aromatic rings. The Labute approximate surface area is 101 Å². The molecule has 0 unspecified atom stereocenters. The molecule has 0 spiro atoms. The SMILES string of the molecule is CN(C)CCCCOc1ccc(C(=O)O)cn1. The molecule has 0 aliphatic carbocycles. The van der Waals surface area contributed by atoms with Gasteiger partial charge in [-0.25, -0.2) is 9.78 Å². The Kier molecular flexibility index (Phi) is 5.42. The molecule has 0 saturated carbocycles. The number of ether oxygens (including phenoxy) is 1. The number of aromatic carboxylic acids is 1. The van der Waals surface area contributed by atoms with Crippen LogP contribution in [0.15, 0.2) is 18.3 Å².